The molecule has 270 valence electrons. The Labute approximate surface area is 307 Å². The number of alkyl halides is 1. The summed E-state index contributed by atoms with van der Waals surface area (Å²) in [5.41, 5.74) is 4.41. The Kier molecular flexibility index (Phi) is 14.8. The summed E-state index contributed by atoms with van der Waals surface area (Å²) in [6.07, 6.45) is 23.6. The second-order valence-corrected chi connectivity index (χ2v) is 14.0. The highest BCUT2D eigenvalue weighted by Crippen LogP contribution is 2.31. The third kappa shape index (κ3) is 10.6. The molecule has 0 aromatic heterocycles. The number of amidine groups is 1. The first kappa shape index (κ1) is 37.9. The molecule has 2 atom stereocenters. The van der Waals surface area contributed by atoms with Gasteiger partial charge in [0, 0.05) is 5.39 Å². The molecule has 2 aliphatic rings. The van der Waals surface area contributed by atoms with Crippen molar-refractivity contribution in [3.05, 3.63) is 78.4 Å². The van der Waals surface area contributed by atoms with Crippen LogP contribution >= 0.6 is 11.6 Å². The van der Waals surface area contributed by atoms with Gasteiger partial charge in [-0.2, -0.15) is 20.3 Å². The van der Waals surface area contributed by atoms with Crippen LogP contribution in [0.1, 0.15) is 115 Å². The number of nitrogens with one attached hydrogen (secondary N) is 1. The lowest BCUT2D eigenvalue weighted by Gasteiger charge is -2.32. The number of unbranched alkanes of at least 4 members (excludes halogenated alkanes) is 14. The molecule has 5 rings (SSSR count). The first-order chi connectivity index (χ1) is 25.0. The number of halogens is 1. The van der Waals surface area contributed by atoms with Gasteiger partial charge in [0.15, 0.2) is 5.84 Å². The van der Waals surface area contributed by atoms with Crippen LogP contribution in [0.15, 0.2) is 88.1 Å². The number of azo groups is 1. The lowest BCUT2D eigenvalue weighted by Crippen LogP contribution is -2.53. The van der Waals surface area contributed by atoms with Crippen LogP contribution in [0.4, 0.5) is 11.4 Å². The van der Waals surface area contributed by atoms with Gasteiger partial charge in [-0.3, -0.25) is 14.4 Å². The largest absolute Gasteiger partial charge is 0.274 e. The fraction of sp³-hybridized carbons (Fsp3) is 0.463. The van der Waals surface area contributed by atoms with Gasteiger partial charge in [-0.05, 0) is 42.0 Å². The highest BCUT2D eigenvalue weighted by molar-refractivity contribution is 6.36. The number of hydrogen-bond acceptors (Lipinski definition) is 7. The van der Waals surface area contributed by atoms with Gasteiger partial charge in [0.25, 0.3) is 17.7 Å². The summed E-state index contributed by atoms with van der Waals surface area (Å²) in [5, 5.41) is 16.2. The van der Waals surface area contributed by atoms with E-state index < -0.39 is 29.1 Å². The Hall–Kier alpha value is -4.37. The van der Waals surface area contributed by atoms with Crippen LogP contribution in [0.5, 0.6) is 0 Å². The van der Waals surface area contributed by atoms with Gasteiger partial charge in [-0.25, -0.2) is 10.4 Å². The van der Waals surface area contributed by atoms with Crippen LogP contribution in [0, 0.1) is 0 Å². The lowest BCUT2D eigenvalue weighted by atomic mass is 10.0. The molecule has 2 aliphatic heterocycles. The number of amides is 3. The molecule has 3 aromatic carbocycles. The van der Waals surface area contributed by atoms with Crippen LogP contribution in [-0.4, -0.2) is 40.0 Å². The lowest BCUT2D eigenvalue weighted by molar-refractivity contribution is -0.138. The van der Waals surface area contributed by atoms with Gasteiger partial charge in [-0.15, -0.1) is 11.6 Å². The number of benzene rings is 3. The second-order valence-electron chi connectivity index (χ2n) is 13.5. The molecule has 0 aliphatic carbocycles. The number of anilines is 1. The molecule has 3 amide bonds. The van der Waals surface area contributed by atoms with Crippen molar-refractivity contribution in [3.8, 4) is 0 Å². The number of allylic oxidation sites excluding steroid dienone is 1. The van der Waals surface area contributed by atoms with Crippen molar-refractivity contribution in [1.29, 1.82) is 0 Å². The maximum absolute atomic E-state index is 13.2. The number of hydrogen-bond donors (Lipinski definition) is 1. The summed E-state index contributed by atoms with van der Waals surface area (Å²) in [5.74, 6) is -1.55. The van der Waals surface area contributed by atoms with Gasteiger partial charge < -0.3 is 0 Å². The Morgan fingerprint density at radius 2 is 1.49 bits per heavy atom. The van der Waals surface area contributed by atoms with Crippen LogP contribution in [0.25, 0.3) is 16.8 Å². The average Bonchev–Trinajstić information content (AvgIpc) is 3.63. The first-order valence-corrected chi connectivity index (χ1v) is 19.2. The minimum absolute atomic E-state index is 0.0555. The van der Waals surface area contributed by atoms with Gasteiger partial charge in [0.2, 0.25) is 6.04 Å². The molecule has 3 aromatic rings. The first-order valence-electron chi connectivity index (χ1n) is 18.8. The molecule has 9 nitrogen and oxygen atoms in total. The van der Waals surface area contributed by atoms with E-state index in [0.717, 1.165) is 34.2 Å². The highest BCUT2D eigenvalue weighted by atomic mass is 35.5. The van der Waals surface area contributed by atoms with E-state index in [1.54, 1.807) is 6.07 Å². The van der Waals surface area contributed by atoms with E-state index in [-0.39, 0.29) is 12.3 Å². The molecule has 51 heavy (non-hydrogen) atoms. The number of nitrogens with zero attached hydrogens (tertiary/aromatic N) is 5. The van der Waals surface area contributed by atoms with E-state index in [2.05, 4.69) is 33.8 Å². The fourth-order valence-corrected chi connectivity index (χ4v) is 6.84. The molecule has 1 saturated heterocycles. The Morgan fingerprint density at radius 3 is 2.18 bits per heavy atom. The summed E-state index contributed by atoms with van der Waals surface area (Å²) in [6.45, 7) is 2.27. The van der Waals surface area contributed by atoms with Crippen LogP contribution in [-0.2, 0) is 14.4 Å². The Balaban J connectivity index is 1.18. The average molecular weight is 711 g/mol. The van der Waals surface area contributed by atoms with Crippen LogP contribution < -0.4 is 10.4 Å². The third-order valence-corrected chi connectivity index (χ3v) is 9.80. The minimum Gasteiger partial charge on any atom is -0.272 e. The van der Waals surface area contributed by atoms with Gasteiger partial charge in [0.05, 0.1) is 17.8 Å². The number of carbonyl (C=O) groups is 3. The standard InChI is InChI=1S/C41H51ClN6O3/c1-2-3-4-5-6-7-8-9-10-11-12-13-14-15-16-17-22-31-23-20-26-33(29-31)47(48-37(49)30-35(42)41(48)51)39-38(40(50)46-45-39)44-43-36-28-21-25-32-24-18-19-27-34(32)36/h17-29,35,38H,2-16,30H2,1H3,(H,46,50). The molecule has 0 radical (unpaired) electrons. The molecular weight excluding hydrogens is 660 g/mol. The minimum atomic E-state index is -1.21. The predicted molar refractivity (Wildman–Crippen MR) is 207 cm³/mol. The van der Waals surface area contributed by atoms with E-state index in [0.29, 0.717) is 11.4 Å². The van der Waals surface area contributed by atoms with Crippen molar-refractivity contribution in [2.45, 2.75) is 121 Å². The summed E-state index contributed by atoms with van der Waals surface area (Å²) < 4.78 is 0. The SMILES string of the molecule is CCCCCCCCCCCCCCCCC=Cc1cccc(N(C2=NNC(=O)C2N=Nc2cccc3ccccc23)N2C(=O)CC(Cl)C2=O)c1. The molecule has 0 bridgehead atoms. The van der Waals surface area contributed by atoms with Crippen molar-refractivity contribution in [2.24, 2.45) is 15.3 Å². The smallest absolute Gasteiger partial charge is 0.272 e. The monoisotopic (exact) mass is 710 g/mol. The van der Waals surface area contributed by atoms with E-state index in [1.807, 2.05) is 66.7 Å². The zero-order valence-corrected chi connectivity index (χ0v) is 30.6. The third-order valence-electron chi connectivity index (χ3n) is 9.45. The number of hydrazine groups is 1. The van der Waals surface area contributed by atoms with Crippen molar-refractivity contribution in [3.63, 3.8) is 0 Å². The number of fused-ring (bicyclic) bond motifs is 1. The van der Waals surface area contributed by atoms with Gasteiger partial charge >= 0.3 is 0 Å². The van der Waals surface area contributed by atoms with E-state index >= 15 is 0 Å². The topological polar surface area (TPSA) is 107 Å². The zero-order chi connectivity index (χ0) is 35.8. The summed E-state index contributed by atoms with van der Waals surface area (Å²) in [7, 11) is 0. The van der Waals surface area contributed by atoms with Crippen LogP contribution in [0.2, 0.25) is 0 Å². The molecule has 0 saturated carbocycles. The Bertz CT molecular complexity index is 1720. The molecule has 2 unspecified atom stereocenters. The maximum Gasteiger partial charge on any atom is 0.274 e. The summed E-state index contributed by atoms with van der Waals surface area (Å²) >= 11 is 6.25. The quantitative estimate of drug-likeness (QED) is 0.0545. The molecule has 2 heterocycles. The van der Waals surface area contributed by atoms with Crippen molar-refractivity contribution in [1.82, 2.24) is 10.4 Å². The number of rotatable bonds is 20. The number of hydrazone groups is 1. The number of imide groups is 1. The Morgan fingerprint density at radius 1 is 0.843 bits per heavy atom. The molecule has 10 heteroatoms. The normalized spacial score (nSPS) is 17.7. The second kappa shape index (κ2) is 19.9. The van der Waals surface area contributed by atoms with Crippen LogP contribution in [0.3, 0.4) is 0 Å². The van der Waals surface area contributed by atoms with Gasteiger partial charge in [-0.1, -0.05) is 151 Å². The summed E-state index contributed by atoms with van der Waals surface area (Å²) in [4.78, 5) is 39.4. The highest BCUT2D eigenvalue weighted by Gasteiger charge is 2.46. The van der Waals surface area contributed by atoms with Crippen molar-refractivity contribution in [2.75, 3.05) is 5.01 Å². The molecular formula is C41H51ClN6O3. The molecule has 0 spiro atoms. The van der Waals surface area contributed by atoms with Gasteiger partial charge in [0.1, 0.15) is 5.38 Å². The molecule has 1 N–H and O–H groups in total. The van der Waals surface area contributed by atoms with E-state index in [1.165, 1.54) is 88.5 Å². The van der Waals surface area contributed by atoms with Crippen molar-refractivity contribution < 1.29 is 14.4 Å². The summed E-state index contributed by atoms with van der Waals surface area (Å²) in [6, 6.07) is 19.6. The molecule has 1 fully saturated rings. The maximum atomic E-state index is 13.2. The fourth-order valence-electron chi connectivity index (χ4n) is 6.61. The van der Waals surface area contributed by atoms with E-state index in [4.69, 9.17) is 11.6 Å². The number of carbonyl (C=O) groups excluding carboxylic acids is 3. The zero-order valence-electron chi connectivity index (χ0n) is 29.8. The van der Waals surface area contributed by atoms with Crippen molar-refractivity contribution >= 4 is 63.4 Å². The van der Waals surface area contributed by atoms with E-state index in [9.17, 15) is 14.4 Å². The predicted octanol–water partition coefficient (Wildman–Crippen LogP) is 10.4.